The molecule has 16 heavy (non-hydrogen) atoms. The molecule has 0 spiro atoms. The maximum absolute atomic E-state index is 4.51. The highest BCUT2D eigenvalue weighted by atomic mass is 15.0. The normalized spacial score (nSPS) is 10.4. The second-order valence-corrected chi connectivity index (χ2v) is 3.68. The van der Waals surface area contributed by atoms with Gasteiger partial charge in [-0.1, -0.05) is 6.07 Å². The van der Waals surface area contributed by atoms with E-state index in [4.69, 9.17) is 0 Å². The summed E-state index contributed by atoms with van der Waals surface area (Å²) in [6.45, 7) is 2.95. The predicted molar refractivity (Wildman–Crippen MR) is 64.4 cm³/mol. The molecule has 0 radical (unpaired) electrons. The Labute approximate surface area is 95.4 Å². The SMILES string of the molecule is CCNc1cccc(Cc2nccn2C)n1. The number of imidazole rings is 1. The van der Waals surface area contributed by atoms with E-state index in [0.29, 0.717) is 0 Å². The number of aromatic nitrogens is 3. The second-order valence-electron chi connectivity index (χ2n) is 3.68. The van der Waals surface area contributed by atoms with Gasteiger partial charge in [-0.05, 0) is 19.1 Å². The molecule has 0 aliphatic rings. The first-order valence-corrected chi connectivity index (χ1v) is 5.45. The standard InChI is InChI=1S/C12H16N4/c1-3-13-11-6-4-5-10(15-11)9-12-14-7-8-16(12)2/h4-8H,3,9H2,1-2H3,(H,13,15). The van der Waals surface area contributed by atoms with E-state index in [2.05, 4.69) is 22.2 Å². The van der Waals surface area contributed by atoms with Crippen LogP contribution in [0.25, 0.3) is 0 Å². The fourth-order valence-corrected chi connectivity index (χ4v) is 1.59. The first kappa shape index (κ1) is 10.7. The minimum absolute atomic E-state index is 0.767. The molecule has 0 aliphatic carbocycles. The van der Waals surface area contributed by atoms with Crippen molar-refractivity contribution in [1.82, 2.24) is 14.5 Å². The average Bonchev–Trinajstić information content (AvgIpc) is 2.66. The largest absolute Gasteiger partial charge is 0.370 e. The lowest BCUT2D eigenvalue weighted by atomic mass is 10.2. The van der Waals surface area contributed by atoms with Gasteiger partial charge in [-0.2, -0.15) is 0 Å². The van der Waals surface area contributed by atoms with Gasteiger partial charge in [0.1, 0.15) is 11.6 Å². The number of hydrogen-bond donors (Lipinski definition) is 1. The molecule has 4 heteroatoms. The summed E-state index contributed by atoms with van der Waals surface area (Å²) < 4.78 is 2.02. The highest BCUT2D eigenvalue weighted by Gasteiger charge is 2.03. The monoisotopic (exact) mass is 216 g/mol. The molecule has 2 aromatic rings. The van der Waals surface area contributed by atoms with Crippen LogP contribution in [-0.2, 0) is 13.5 Å². The fourth-order valence-electron chi connectivity index (χ4n) is 1.59. The molecule has 0 saturated carbocycles. The third-order valence-electron chi connectivity index (χ3n) is 2.42. The minimum atomic E-state index is 0.767. The van der Waals surface area contributed by atoms with E-state index in [1.807, 2.05) is 42.2 Å². The lowest BCUT2D eigenvalue weighted by Gasteiger charge is -2.05. The summed E-state index contributed by atoms with van der Waals surface area (Å²) in [5.41, 5.74) is 1.03. The van der Waals surface area contributed by atoms with Crippen molar-refractivity contribution in [3.05, 3.63) is 42.1 Å². The van der Waals surface area contributed by atoms with E-state index >= 15 is 0 Å². The molecule has 2 rings (SSSR count). The van der Waals surface area contributed by atoms with E-state index in [0.717, 1.165) is 30.3 Å². The molecule has 84 valence electrons. The molecule has 0 fully saturated rings. The van der Waals surface area contributed by atoms with E-state index in [9.17, 15) is 0 Å². The zero-order valence-electron chi connectivity index (χ0n) is 9.64. The minimum Gasteiger partial charge on any atom is -0.370 e. The van der Waals surface area contributed by atoms with E-state index in [1.54, 1.807) is 0 Å². The van der Waals surface area contributed by atoms with Gasteiger partial charge in [0, 0.05) is 32.4 Å². The Bertz CT molecular complexity index is 462. The van der Waals surface area contributed by atoms with Crippen LogP contribution in [0.5, 0.6) is 0 Å². The Morgan fingerprint density at radius 2 is 2.25 bits per heavy atom. The molecule has 0 aromatic carbocycles. The summed E-state index contributed by atoms with van der Waals surface area (Å²) in [6, 6.07) is 6.02. The van der Waals surface area contributed by atoms with Crippen LogP contribution in [0.15, 0.2) is 30.6 Å². The second kappa shape index (κ2) is 4.79. The number of nitrogens with one attached hydrogen (secondary N) is 1. The first-order chi connectivity index (χ1) is 7.79. The van der Waals surface area contributed by atoms with Gasteiger partial charge in [0.25, 0.3) is 0 Å². The van der Waals surface area contributed by atoms with Crippen molar-refractivity contribution < 1.29 is 0 Å². The zero-order chi connectivity index (χ0) is 11.4. The van der Waals surface area contributed by atoms with Crippen LogP contribution in [0.4, 0.5) is 5.82 Å². The molecule has 0 saturated heterocycles. The smallest absolute Gasteiger partial charge is 0.126 e. The molecule has 2 aromatic heterocycles. The number of pyridine rings is 1. The zero-order valence-corrected chi connectivity index (χ0v) is 9.64. The van der Waals surface area contributed by atoms with Gasteiger partial charge in [0.15, 0.2) is 0 Å². The Morgan fingerprint density at radius 3 is 2.94 bits per heavy atom. The van der Waals surface area contributed by atoms with Crippen molar-refractivity contribution in [2.45, 2.75) is 13.3 Å². The highest BCUT2D eigenvalue weighted by molar-refractivity contribution is 5.35. The molecular formula is C12H16N4. The molecule has 0 bridgehead atoms. The van der Waals surface area contributed by atoms with Crippen molar-refractivity contribution >= 4 is 5.82 Å². The Hall–Kier alpha value is -1.84. The number of hydrogen-bond acceptors (Lipinski definition) is 3. The summed E-state index contributed by atoms with van der Waals surface area (Å²) in [6.07, 6.45) is 4.52. The van der Waals surface area contributed by atoms with Crippen LogP contribution < -0.4 is 5.32 Å². The van der Waals surface area contributed by atoms with Gasteiger partial charge < -0.3 is 9.88 Å². The van der Waals surface area contributed by atoms with Crippen LogP contribution in [0.1, 0.15) is 18.4 Å². The van der Waals surface area contributed by atoms with Gasteiger partial charge in [-0.15, -0.1) is 0 Å². The maximum atomic E-state index is 4.51. The summed E-state index contributed by atoms with van der Waals surface area (Å²) in [4.78, 5) is 8.80. The Kier molecular flexibility index (Phi) is 3.19. The van der Waals surface area contributed by atoms with Crippen molar-refractivity contribution in [2.75, 3.05) is 11.9 Å². The van der Waals surface area contributed by atoms with Crippen LogP contribution in [0.3, 0.4) is 0 Å². The van der Waals surface area contributed by atoms with Crippen LogP contribution in [0.2, 0.25) is 0 Å². The topological polar surface area (TPSA) is 42.7 Å². The Morgan fingerprint density at radius 1 is 1.38 bits per heavy atom. The van der Waals surface area contributed by atoms with E-state index in [-0.39, 0.29) is 0 Å². The molecule has 4 nitrogen and oxygen atoms in total. The molecule has 0 amide bonds. The van der Waals surface area contributed by atoms with Gasteiger partial charge in [-0.25, -0.2) is 9.97 Å². The lowest BCUT2D eigenvalue weighted by molar-refractivity contribution is 0.811. The molecule has 1 N–H and O–H groups in total. The van der Waals surface area contributed by atoms with E-state index < -0.39 is 0 Å². The highest BCUT2D eigenvalue weighted by Crippen LogP contribution is 2.08. The summed E-state index contributed by atoms with van der Waals surface area (Å²) in [5.74, 6) is 1.95. The lowest BCUT2D eigenvalue weighted by Crippen LogP contribution is -2.03. The molecule has 0 aliphatic heterocycles. The summed E-state index contributed by atoms with van der Waals surface area (Å²) in [7, 11) is 2.00. The van der Waals surface area contributed by atoms with Crippen molar-refractivity contribution in [3.8, 4) is 0 Å². The van der Waals surface area contributed by atoms with Crippen LogP contribution >= 0.6 is 0 Å². The van der Waals surface area contributed by atoms with Gasteiger partial charge in [0.2, 0.25) is 0 Å². The molecular weight excluding hydrogens is 200 g/mol. The third kappa shape index (κ3) is 2.39. The first-order valence-electron chi connectivity index (χ1n) is 5.45. The molecule has 0 unspecified atom stereocenters. The van der Waals surface area contributed by atoms with Gasteiger partial charge in [-0.3, -0.25) is 0 Å². The summed E-state index contributed by atoms with van der Waals surface area (Å²) >= 11 is 0. The number of aryl methyl sites for hydroxylation is 1. The molecule has 0 atom stereocenters. The third-order valence-corrected chi connectivity index (χ3v) is 2.42. The fraction of sp³-hybridized carbons (Fsp3) is 0.333. The number of rotatable bonds is 4. The van der Waals surface area contributed by atoms with Crippen molar-refractivity contribution in [3.63, 3.8) is 0 Å². The van der Waals surface area contributed by atoms with Crippen molar-refractivity contribution in [2.24, 2.45) is 7.05 Å². The Balaban J connectivity index is 2.15. The average molecular weight is 216 g/mol. The van der Waals surface area contributed by atoms with E-state index in [1.165, 1.54) is 0 Å². The van der Waals surface area contributed by atoms with Gasteiger partial charge in [0.05, 0.1) is 5.69 Å². The quantitative estimate of drug-likeness (QED) is 0.848. The summed E-state index contributed by atoms with van der Waals surface area (Å²) in [5, 5.41) is 3.20. The number of anilines is 1. The molecule has 2 heterocycles. The number of nitrogens with zero attached hydrogens (tertiary/aromatic N) is 3. The van der Waals surface area contributed by atoms with Crippen LogP contribution in [0, 0.1) is 0 Å². The van der Waals surface area contributed by atoms with Crippen LogP contribution in [-0.4, -0.2) is 21.1 Å². The van der Waals surface area contributed by atoms with Crippen molar-refractivity contribution in [1.29, 1.82) is 0 Å². The van der Waals surface area contributed by atoms with Gasteiger partial charge >= 0.3 is 0 Å². The predicted octanol–water partition coefficient (Wildman–Crippen LogP) is 1.84. The maximum Gasteiger partial charge on any atom is 0.126 e.